The Bertz CT molecular complexity index is 655. The number of nitrogens with zero attached hydrogens (tertiary/aromatic N) is 2. The lowest BCUT2D eigenvalue weighted by atomic mass is 9.95. The Morgan fingerprint density at radius 3 is 2.55 bits per heavy atom. The molecule has 1 N–H and O–H groups in total. The van der Waals surface area contributed by atoms with Crippen molar-refractivity contribution in [3.05, 3.63) is 28.8 Å². The number of hydrogen-bond donors (Lipinski definition) is 1. The van der Waals surface area contributed by atoms with E-state index in [4.69, 9.17) is 16.9 Å². The van der Waals surface area contributed by atoms with E-state index >= 15 is 0 Å². The molecule has 0 radical (unpaired) electrons. The predicted molar refractivity (Wildman–Crippen MR) is 74.8 cm³/mol. The fourth-order valence-corrected chi connectivity index (χ4v) is 4.06. The van der Waals surface area contributed by atoms with Crippen LogP contribution < -0.4 is 0 Å². The second kappa shape index (κ2) is 5.34. The van der Waals surface area contributed by atoms with Crippen LogP contribution in [0.5, 0.6) is 0 Å². The van der Waals surface area contributed by atoms with Crippen molar-refractivity contribution in [2.45, 2.75) is 30.3 Å². The summed E-state index contributed by atoms with van der Waals surface area (Å²) < 4.78 is 26.4. The first kappa shape index (κ1) is 15.3. The van der Waals surface area contributed by atoms with Crippen molar-refractivity contribution in [2.24, 2.45) is 0 Å². The Labute approximate surface area is 123 Å². The zero-order chi connectivity index (χ0) is 15.0. The minimum Gasteiger partial charge on any atom is -0.390 e. The number of benzene rings is 1. The van der Waals surface area contributed by atoms with E-state index in [1.807, 2.05) is 6.07 Å². The fraction of sp³-hybridized carbons (Fsp3) is 0.462. The summed E-state index contributed by atoms with van der Waals surface area (Å²) in [5.74, 6) is 0. The molecule has 0 spiro atoms. The molecule has 0 aliphatic carbocycles. The van der Waals surface area contributed by atoms with Gasteiger partial charge in [0.25, 0.3) is 0 Å². The van der Waals surface area contributed by atoms with E-state index in [0.29, 0.717) is 12.8 Å². The van der Waals surface area contributed by atoms with Crippen LogP contribution in [0.2, 0.25) is 5.02 Å². The fourth-order valence-electron chi connectivity index (χ4n) is 2.12. The first-order valence-electron chi connectivity index (χ1n) is 6.18. The summed E-state index contributed by atoms with van der Waals surface area (Å²) in [6, 6.07) is 6.07. The average Bonchev–Trinajstić information content (AvgIpc) is 2.38. The molecule has 1 aromatic rings. The number of halogens is 1. The molecule has 0 saturated carbocycles. The maximum absolute atomic E-state index is 12.5. The van der Waals surface area contributed by atoms with Crippen molar-refractivity contribution < 1.29 is 13.5 Å². The number of hydrogen-bond acceptors (Lipinski definition) is 4. The molecule has 20 heavy (non-hydrogen) atoms. The second-order valence-electron chi connectivity index (χ2n) is 5.16. The van der Waals surface area contributed by atoms with E-state index in [1.165, 1.54) is 22.5 Å². The maximum Gasteiger partial charge on any atom is 0.244 e. The first-order chi connectivity index (χ1) is 9.26. The molecule has 0 bridgehead atoms. The van der Waals surface area contributed by atoms with Gasteiger partial charge in [-0.2, -0.15) is 9.57 Å². The van der Waals surface area contributed by atoms with E-state index in [9.17, 15) is 13.5 Å². The number of rotatable bonds is 2. The Morgan fingerprint density at radius 1 is 1.40 bits per heavy atom. The summed E-state index contributed by atoms with van der Waals surface area (Å²) >= 11 is 5.95. The van der Waals surface area contributed by atoms with Crippen LogP contribution in [0.25, 0.3) is 0 Å². The first-order valence-corrected chi connectivity index (χ1v) is 8.00. The summed E-state index contributed by atoms with van der Waals surface area (Å²) in [5.41, 5.74) is -0.582. The highest BCUT2D eigenvalue weighted by atomic mass is 35.5. The summed E-state index contributed by atoms with van der Waals surface area (Å²) in [5, 5.41) is 18.8. The van der Waals surface area contributed by atoms with Crippen LogP contribution >= 0.6 is 11.6 Å². The summed E-state index contributed by atoms with van der Waals surface area (Å²) in [7, 11) is -3.74. The topological polar surface area (TPSA) is 81.4 Å². The number of nitriles is 1. The van der Waals surface area contributed by atoms with Gasteiger partial charge in [0.2, 0.25) is 10.0 Å². The monoisotopic (exact) mass is 314 g/mol. The molecule has 1 heterocycles. The second-order valence-corrected chi connectivity index (χ2v) is 7.47. The quantitative estimate of drug-likeness (QED) is 0.901. The van der Waals surface area contributed by atoms with Crippen LogP contribution in [-0.4, -0.2) is 36.5 Å². The Kier molecular flexibility index (Phi) is 4.07. The maximum atomic E-state index is 12.5. The molecule has 1 saturated heterocycles. The highest BCUT2D eigenvalue weighted by Gasteiger charge is 2.34. The van der Waals surface area contributed by atoms with E-state index in [0.717, 1.165) is 0 Å². The van der Waals surface area contributed by atoms with Gasteiger partial charge in [0, 0.05) is 13.1 Å². The highest BCUT2D eigenvalue weighted by Crippen LogP contribution is 2.30. The van der Waals surface area contributed by atoms with E-state index < -0.39 is 15.6 Å². The van der Waals surface area contributed by atoms with Crippen LogP contribution in [0.1, 0.15) is 25.3 Å². The average molecular weight is 315 g/mol. The van der Waals surface area contributed by atoms with Crippen molar-refractivity contribution in [1.82, 2.24) is 4.31 Å². The molecule has 1 aliphatic heterocycles. The van der Waals surface area contributed by atoms with Crippen LogP contribution in [-0.2, 0) is 10.0 Å². The van der Waals surface area contributed by atoms with Crippen LogP contribution in [0.3, 0.4) is 0 Å². The van der Waals surface area contributed by atoms with Crippen molar-refractivity contribution in [2.75, 3.05) is 13.1 Å². The van der Waals surface area contributed by atoms with Crippen LogP contribution in [0.15, 0.2) is 23.1 Å². The standard InChI is InChI=1S/C13H15ClN2O3S/c1-13(17)4-6-16(7-5-13)20(18,19)12-8-10(9-15)2-3-11(12)14/h2-3,8,17H,4-7H2,1H3. The lowest BCUT2D eigenvalue weighted by Crippen LogP contribution is -2.45. The van der Waals surface area contributed by atoms with Gasteiger partial charge in [0.15, 0.2) is 0 Å². The van der Waals surface area contributed by atoms with Gasteiger partial charge in [-0.15, -0.1) is 0 Å². The molecule has 0 amide bonds. The normalized spacial score (nSPS) is 19.5. The van der Waals surface area contributed by atoms with Gasteiger partial charge in [-0.25, -0.2) is 8.42 Å². The van der Waals surface area contributed by atoms with Gasteiger partial charge < -0.3 is 5.11 Å². The minimum absolute atomic E-state index is 0.0558. The van der Waals surface area contributed by atoms with Crippen LogP contribution in [0.4, 0.5) is 0 Å². The summed E-state index contributed by atoms with van der Waals surface area (Å²) in [6.07, 6.45) is 0.754. The Balaban J connectivity index is 2.35. The van der Waals surface area contributed by atoms with Gasteiger partial charge in [0.1, 0.15) is 4.90 Å². The highest BCUT2D eigenvalue weighted by molar-refractivity contribution is 7.89. The summed E-state index contributed by atoms with van der Waals surface area (Å²) in [6.45, 7) is 2.17. The van der Waals surface area contributed by atoms with Gasteiger partial charge >= 0.3 is 0 Å². The largest absolute Gasteiger partial charge is 0.390 e. The molecule has 0 unspecified atom stereocenters. The van der Waals surface area contributed by atoms with Crippen molar-refractivity contribution in [1.29, 1.82) is 5.26 Å². The van der Waals surface area contributed by atoms with Crippen molar-refractivity contribution in [3.63, 3.8) is 0 Å². The third-order valence-corrected chi connectivity index (χ3v) is 5.86. The molecule has 1 aliphatic rings. The summed E-state index contributed by atoms with van der Waals surface area (Å²) in [4.78, 5) is -0.0558. The van der Waals surface area contributed by atoms with E-state index in [-0.39, 0.29) is 28.6 Å². The number of piperidine rings is 1. The predicted octanol–water partition coefficient (Wildman–Crippen LogP) is 1.75. The zero-order valence-corrected chi connectivity index (χ0v) is 12.6. The molecule has 7 heteroatoms. The molecule has 108 valence electrons. The molecule has 1 fully saturated rings. The molecule has 2 rings (SSSR count). The zero-order valence-electron chi connectivity index (χ0n) is 11.0. The van der Waals surface area contributed by atoms with Gasteiger partial charge in [-0.3, -0.25) is 0 Å². The van der Waals surface area contributed by atoms with Crippen molar-refractivity contribution in [3.8, 4) is 6.07 Å². The number of aliphatic hydroxyl groups is 1. The van der Waals surface area contributed by atoms with Crippen LogP contribution in [0, 0.1) is 11.3 Å². The van der Waals surface area contributed by atoms with Crippen molar-refractivity contribution >= 4 is 21.6 Å². The lowest BCUT2D eigenvalue weighted by Gasteiger charge is -2.35. The molecule has 0 aromatic heterocycles. The lowest BCUT2D eigenvalue weighted by molar-refractivity contribution is 0.0126. The molecule has 0 atom stereocenters. The molecule has 5 nitrogen and oxygen atoms in total. The molecular formula is C13H15ClN2O3S. The van der Waals surface area contributed by atoms with Gasteiger partial charge in [-0.1, -0.05) is 11.6 Å². The SMILES string of the molecule is CC1(O)CCN(S(=O)(=O)c2cc(C#N)ccc2Cl)CC1. The third kappa shape index (κ3) is 2.96. The Hall–Kier alpha value is -1.13. The minimum atomic E-state index is -3.74. The molecule has 1 aromatic carbocycles. The van der Waals surface area contributed by atoms with Gasteiger partial charge in [-0.05, 0) is 38.0 Å². The third-order valence-electron chi connectivity index (χ3n) is 3.48. The molecular weight excluding hydrogens is 300 g/mol. The van der Waals surface area contributed by atoms with Gasteiger partial charge in [0.05, 0.1) is 22.3 Å². The smallest absolute Gasteiger partial charge is 0.244 e. The number of sulfonamides is 1. The van der Waals surface area contributed by atoms with E-state index in [1.54, 1.807) is 6.92 Å². The Morgan fingerprint density at radius 2 is 2.00 bits per heavy atom. The van der Waals surface area contributed by atoms with E-state index in [2.05, 4.69) is 0 Å².